The van der Waals surface area contributed by atoms with E-state index in [2.05, 4.69) is 4.98 Å². The standard InChI is InChI=1S/C13H21ClN2O3/c1-8(2)7-19-6-5-16-12(17)10(9(3)4)11(14)15-13(16)18/h8-9H,5-7H2,1-4H3,(H,15,18). The third-order valence-electron chi connectivity index (χ3n) is 2.66. The number of aromatic nitrogens is 2. The highest BCUT2D eigenvalue weighted by molar-refractivity contribution is 6.30. The zero-order chi connectivity index (χ0) is 14.6. The number of rotatable bonds is 6. The summed E-state index contributed by atoms with van der Waals surface area (Å²) in [6.07, 6.45) is 0. The van der Waals surface area contributed by atoms with Gasteiger partial charge in [-0.25, -0.2) is 4.79 Å². The molecule has 0 aliphatic heterocycles. The Labute approximate surface area is 117 Å². The Morgan fingerprint density at radius 2 is 1.89 bits per heavy atom. The molecule has 5 nitrogen and oxygen atoms in total. The van der Waals surface area contributed by atoms with Crippen LogP contribution in [0.5, 0.6) is 0 Å². The molecule has 108 valence electrons. The molecule has 0 saturated heterocycles. The smallest absolute Gasteiger partial charge is 0.329 e. The minimum Gasteiger partial charge on any atom is -0.379 e. The van der Waals surface area contributed by atoms with Gasteiger partial charge in [-0.3, -0.25) is 14.3 Å². The zero-order valence-electron chi connectivity index (χ0n) is 11.8. The number of aromatic amines is 1. The van der Waals surface area contributed by atoms with E-state index in [4.69, 9.17) is 16.3 Å². The molecule has 0 fully saturated rings. The van der Waals surface area contributed by atoms with E-state index in [1.54, 1.807) is 0 Å². The molecule has 0 amide bonds. The van der Waals surface area contributed by atoms with Crippen molar-refractivity contribution in [2.75, 3.05) is 13.2 Å². The molecule has 1 aromatic rings. The molecule has 1 N–H and O–H groups in total. The van der Waals surface area contributed by atoms with Crippen LogP contribution in [0.25, 0.3) is 0 Å². The second kappa shape index (κ2) is 6.91. The highest BCUT2D eigenvalue weighted by Crippen LogP contribution is 2.16. The predicted molar refractivity (Wildman–Crippen MR) is 76.1 cm³/mol. The predicted octanol–water partition coefficient (Wildman–Crippen LogP) is 1.99. The van der Waals surface area contributed by atoms with Gasteiger partial charge in [-0.05, 0) is 11.8 Å². The third-order valence-corrected chi connectivity index (χ3v) is 2.96. The lowest BCUT2D eigenvalue weighted by Gasteiger charge is -2.12. The van der Waals surface area contributed by atoms with Crippen LogP contribution in [-0.2, 0) is 11.3 Å². The molecule has 19 heavy (non-hydrogen) atoms. The van der Waals surface area contributed by atoms with E-state index in [1.807, 2.05) is 27.7 Å². The first-order valence-electron chi connectivity index (χ1n) is 6.44. The van der Waals surface area contributed by atoms with Crippen LogP contribution in [0.1, 0.15) is 39.2 Å². The molecule has 0 aliphatic rings. The Bertz CT molecular complexity index is 532. The van der Waals surface area contributed by atoms with Gasteiger partial charge in [0, 0.05) is 6.61 Å². The average Bonchev–Trinajstić information content (AvgIpc) is 2.26. The van der Waals surface area contributed by atoms with Gasteiger partial charge in [-0.1, -0.05) is 39.3 Å². The van der Waals surface area contributed by atoms with Gasteiger partial charge in [0.25, 0.3) is 5.56 Å². The maximum Gasteiger partial charge on any atom is 0.329 e. The van der Waals surface area contributed by atoms with Crippen molar-refractivity contribution >= 4 is 11.6 Å². The number of hydrogen-bond donors (Lipinski definition) is 1. The van der Waals surface area contributed by atoms with Crippen molar-refractivity contribution in [2.45, 2.75) is 40.2 Å². The van der Waals surface area contributed by atoms with Crippen LogP contribution in [0.3, 0.4) is 0 Å². The van der Waals surface area contributed by atoms with Crippen LogP contribution < -0.4 is 11.2 Å². The van der Waals surface area contributed by atoms with E-state index in [0.717, 1.165) is 4.57 Å². The van der Waals surface area contributed by atoms with Gasteiger partial charge in [-0.15, -0.1) is 0 Å². The van der Waals surface area contributed by atoms with Gasteiger partial charge >= 0.3 is 5.69 Å². The van der Waals surface area contributed by atoms with Crippen molar-refractivity contribution in [1.29, 1.82) is 0 Å². The summed E-state index contributed by atoms with van der Waals surface area (Å²) < 4.78 is 6.53. The second-order valence-electron chi connectivity index (χ2n) is 5.24. The Balaban J connectivity index is 2.93. The molecule has 1 heterocycles. The molecule has 0 aromatic carbocycles. The summed E-state index contributed by atoms with van der Waals surface area (Å²) in [6, 6.07) is 0. The highest BCUT2D eigenvalue weighted by atomic mass is 35.5. The number of hydrogen-bond acceptors (Lipinski definition) is 3. The molecule has 0 radical (unpaired) electrons. The van der Waals surface area contributed by atoms with Crippen molar-refractivity contribution in [2.24, 2.45) is 5.92 Å². The molecule has 0 saturated carbocycles. The van der Waals surface area contributed by atoms with Crippen LogP contribution in [-0.4, -0.2) is 22.8 Å². The van der Waals surface area contributed by atoms with E-state index < -0.39 is 5.69 Å². The Hall–Kier alpha value is -1.07. The topological polar surface area (TPSA) is 64.1 Å². The molecule has 6 heteroatoms. The molecule has 0 unspecified atom stereocenters. The number of ether oxygens (including phenoxy) is 1. The quantitative estimate of drug-likeness (QED) is 0.643. The van der Waals surface area contributed by atoms with E-state index in [9.17, 15) is 9.59 Å². The van der Waals surface area contributed by atoms with Crippen LogP contribution in [0, 0.1) is 5.92 Å². The maximum atomic E-state index is 12.2. The fourth-order valence-electron chi connectivity index (χ4n) is 1.74. The van der Waals surface area contributed by atoms with Crippen molar-refractivity contribution in [3.8, 4) is 0 Å². The summed E-state index contributed by atoms with van der Waals surface area (Å²) in [7, 11) is 0. The first kappa shape index (κ1) is 16.0. The lowest BCUT2D eigenvalue weighted by atomic mass is 10.1. The lowest BCUT2D eigenvalue weighted by Crippen LogP contribution is -2.39. The number of H-pyrrole nitrogens is 1. The Morgan fingerprint density at radius 1 is 1.26 bits per heavy atom. The van der Waals surface area contributed by atoms with Crippen LogP contribution >= 0.6 is 11.6 Å². The van der Waals surface area contributed by atoms with Gasteiger partial charge in [0.1, 0.15) is 5.15 Å². The van der Waals surface area contributed by atoms with Crippen molar-refractivity contribution in [1.82, 2.24) is 9.55 Å². The largest absolute Gasteiger partial charge is 0.379 e. The van der Waals surface area contributed by atoms with Crippen molar-refractivity contribution in [3.63, 3.8) is 0 Å². The summed E-state index contributed by atoms with van der Waals surface area (Å²) in [4.78, 5) is 26.4. The van der Waals surface area contributed by atoms with E-state index >= 15 is 0 Å². The minimum atomic E-state index is -0.493. The van der Waals surface area contributed by atoms with Crippen LogP contribution in [0.2, 0.25) is 5.15 Å². The fraction of sp³-hybridized carbons (Fsp3) is 0.692. The Kier molecular flexibility index (Phi) is 5.82. The molecular formula is C13H21ClN2O3. The maximum absolute atomic E-state index is 12.2. The van der Waals surface area contributed by atoms with E-state index in [-0.39, 0.29) is 23.2 Å². The average molecular weight is 289 g/mol. The normalized spacial score (nSPS) is 11.5. The van der Waals surface area contributed by atoms with Crippen molar-refractivity contribution < 1.29 is 4.74 Å². The fourth-order valence-corrected chi connectivity index (χ4v) is 2.12. The number of halogens is 1. The lowest BCUT2D eigenvalue weighted by molar-refractivity contribution is 0.102. The van der Waals surface area contributed by atoms with Gasteiger partial charge < -0.3 is 4.74 Å². The molecule has 0 aliphatic carbocycles. The Morgan fingerprint density at radius 3 is 2.42 bits per heavy atom. The highest BCUT2D eigenvalue weighted by Gasteiger charge is 2.15. The molecule has 0 atom stereocenters. The second-order valence-corrected chi connectivity index (χ2v) is 5.62. The first-order valence-corrected chi connectivity index (χ1v) is 6.82. The molecule has 0 spiro atoms. The number of nitrogens with zero attached hydrogens (tertiary/aromatic N) is 1. The summed E-state index contributed by atoms with van der Waals surface area (Å²) in [5.41, 5.74) is -0.394. The molecule has 0 bridgehead atoms. The van der Waals surface area contributed by atoms with Crippen molar-refractivity contribution in [3.05, 3.63) is 31.6 Å². The summed E-state index contributed by atoms with van der Waals surface area (Å²) >= 11 is 5.90. The minimum absolute atomic E-state index is 0.0420. The van der Waals surface area contributed by atoms with Gasteiger partial charge in [-0.2, -0.15) is 0 Å². The summed E-state index contributed by atoms with van der Waals surface area (Å²) in [5.74, 6) is 0.381. The first-order chi connectivity index (χ1) is 8.84. The van der Waals surface area contributed by atoms with Gasteiger partial charge in [0.15, 0.2) is 0 Å². The number of nitrogens with one attached hydrogen (secondary N) is 1. The molecule has 1 rings (SSSR count). The molecule has 1 aromatic heterocycles. The van der Waals surface area contributed by atoms with Gasteiger partial charge in [0.2, 0.25) is 0 Å². The summed E-state index contributed by atoms with van der Waals surface area (Å²) in [6.45, 7) is 8.98. The molecular weight excluding hydrogens is 268 g/mol. The third kappa shape index (κ3) is 4.21. The zero-order valence-corrected chi connectivity index (χ0v) is 12.6. The van der Waals surface area contributed by atoms with Crippen LogP contribution in [0.4, 0.5) is 0 Å². The SMILES string of the molecule is CC(C)COCCn1c(=O)[nH]c(Cl)c(C(C)C)c1=O. The summed E-state index contributed by atoms with van der Waals surface area (Å²) in [5, 5.41) is 0.129. The van der Waals surface area contributed by atoms with E-state index in [1.165, 1.54) is 0 Å². The van der Waals surface area contributed by atoms with Crippen LogP contribution in [0.15, 0.2) is 9.59 Å². The van der Waals surface area contributed by atoms with Gasteiger partial charge in [0.05, 0.1) is 18.7 Å². The monoisotopic (exact) mass is 288 g/mol. The van der Waals surface area contributed by atoms with E-state index in [0.29, 0.717) is 24.7 Å².